The highest BCUT2D eigenvalue weighted by Gasteiger charge is 2.24. The molecule has 0 saturated carbocycles. The molecule has 0 bridgehead atoms. The van der Waals surface area contributed by atoms with Gasteiger partial charge in [-0.3, -0.25) is 9.59 Å². The summed E-state index contributed by atoms with van der Waals surface area (Å²) < 4.78 is 13.7. The lowest BCUT2D eigenvalue weighted by Gasteiger charge is -2.32. The van der Waals surface area contributed by atoms with Crippen molar-refractivity contribution in [2.45, 2.75) is 25.3 Å². The summed E-state index contributed by atoms with van der Waals surface area (Å²) in [6, 6.07) is 15.6. The van der Waals surface area contributed by atoms with Gasteiger partial charge in [-0.05, 0) is 30.5 Å². The van der Waals surface area contributed by atoms with E-state index in [1.807, 2.05) is 35.2 Å². The SMILES string of the molecule is O=C(NC1CCN(C(=O)Cc2ccccc2)CC1)c1ccccc1F. The van der Waals surface area contributed by atoms with E-state index in [0.717, 1.165) is 5.56 Å². The molecule has 2 aromatic carbocycles. The number of hydrogen-bond donors (Lipinski definition) is 1. The molecular formula is C20H21FN2O2. The number of hydrogen-bond acceptors (Lipinski definition) is 2. The molecule has 1 aliphatic rings. The van der Waals surface area contributed by atoms with Gasteiger partial charge in [-0.1, -0.05) is 42.5 Å². The zero-order chi connectivity index (χ0) is 17.6. The molecule has 130 valence electrons. The largest absolute Gasteiger partial charge is 0.349 e. The van der Waals surface area contributed by atoms with Crippen molar-refractivity contribution in [3.63, 3.8) is 0 Å². The molecule has 1 heterocycles. The van der Waals surface area contributed by atoms with Gasteiger partial charge < -0.3 is 10.2 Å². The summed E-state index contributed by atoms with van der Waals surface area (Å²) in [4.78, 5) is 26.3. The number of carbonyl (C=O) groups excluding carboxylic acids is 2. The molecule has 1 N–H and O–H groups in total. The maximum atomic E-state index is 13.7. The molecule has 0 aromatic heterocycles. The zero-order valence-electron chi connectivity index (χ0n) is 14.0. The Morgan fingerprint density at radius 3 is 2.32 bits per heavy atom. The van der Waals surface area contributed by atoms with Crippen molar-refractivity contribution in [3.05, 3.63) is 71.5 Å². The summed E-state index contributed by atoms with van der Waals surface area (Å²) in [6.07, 6.45) is 1.76. The Labute approximate surface area is 146 Å². The lowest BCUT2D eigenvalue weighted by atomic mass is 10.0. The van der Waals surface area contributed by atoms with Crippen LogP contribution in [0.15, 0.2) is 54.6 Å². The first-order valence-corrected chi connectivity index (χ1v) is 8.50. The van der Waals surface area contributed by atoms with E-state index in [9.17, 15) is 14.0 Å². The van der Waals surface area contributed by atoms with Gasteiger partial charge in [0.2, 0.25) is 5.91 Å². The molecule has 0 spiro atoms. The fraction of sp³-hybridized carbons (Fsp3) is 0.300. The van der Waals surface area contributed by atoms with Gasteiger partial charge in [0, 0.05) is 19.1 Å². The highest BCUT2D eigenvalue weighted by Crippen LogP contribution is 2.14. The van der Waals surface area contributed by atoms with Crippen molar-refractivity contribution >= 4 is 11.8 Å². The van der Waals surface area contributed by atoms with Gasteiger partial charge >= 0.3 is 0 Å². The number of rotatable bonds is 4. The van der Waals surface area contributed by atoms with E-state index in [0.29, 0.717) is 32.4 Å². The van der Waals surface area contributed by atoms with Crippen LogP contribution in [0.1, 0.15) is 28.8 Å². The Hall–Kier alpha value is -2.69. The minimum atomic E-state index is -0.518. The summed E-state index contributed by atoms with van der Waals surface area (Å²) in [5.74, 6) is -0.812. The van der Waals surface area contributed by atoms with E-state index < -0.39 is 11.7 Å². The summed E-state index contributed by atoms with van der Waals surface area (Å²) >= 11 is 0. The minimum Gasteiger partial charge on any atom is -0.349 e. The third-order valence-electron chi connectivity index (χ3n) is 4.50. The third kappa shape index (κ3) is 4.44. The topological polar surface area (TPSA) is 49.4 Å². The number of halogens is 1. The second-order valence-corrected chi connectivity index (χ2v) is 6.27. The molecule has 3 rings (SSSR count). The highest BCUT2D eigenvalue weighted by molar-refractivity contribution is 5.94. The molecule has 0 atom stereocenters. The lowest BCUT2D eigenvalue weighted by Crippen LogP contribution is -2.47. The van der Waals surface area contributed by atoms with E-state index in [1.165, 1.54) is 12.1 Å². The molecule has 2 amide bonds. The van der Waals surface area contributed by atoms with E-state index in [1.54, 1.807) is 12.1 Å². The predicted molar refractivity (Wildman–Crippen MR) is 93.6 cm³/mol. The second-order valence-electron chi connectivity index (χ2n) is 6.27. The number of likely N-dealkylation sites (tertiary alicyclic amines) is 1. The van der Waals surface area contributed by atoms with Gasteiger partial charge in [0.15, 0.2) is 0 Å². The number of carbonyl (C=O) groups is 2. The summed E-state index contributed by atoms with van der Waals surface area (Å²) in [6.45, 7) is 1.21. The Balaban J connectivity index is 1.49. The Bertz CT molecular complexity index is 740. The highest BCUT2D eigenvalue weighted by atomic mass is 19.1. The second kappa shape index (κ2) is 7.92. The molecule has 5 heteroatoms. The molecular weight excluding hydrogens is 319 g/mol. The van der Waals surface area contributed by atoms with Gasteiger partial charge in [-0.2, -0.15) is 0 Å². The van der Waals surface area contributed by atoms with Gasteiger partial charge in [0.25, 0.3) is 5.91 Å². The lowest BCUT2D eigenvalue weighted by molar-refractivity contribution is -0.131. The quantitative estimate of drug-likeness (QED) is 0.930. The molecule has 0 radical (unpaired) electrons. The molecule has 2 aromatic rings. The summed E-state index contributed by atoms with van der Waals surface area (Å²) in [7, 11) is 0. The van der Waals surface area contributed by atoms with Crippen molar-refractivity contribution < 1.29 is 14.0 Å². The molecule has 1 aliphatic heterocycles. The van der Waals surface area contributed by atoms with Crippen molar-refractivity contribution in [1.82, 2.24) is 10.2 Å². The van der Waals surface area contributed by atoms with Crippen molar-refractivity contribution in [2.24, 2.45) is 0 Å². The number of benzene rings is 2. The fourth-order valence-electron chi connectivity index (χ4n) is 3.06. The average molecular weight is 340 g/mol. The number of amides is 2. The normalized spacial score (nSPS) is 15.0. The predicted octanol–water partition coefficient (Wildman–Crippen LogP) is 2.79. The first-order valence-electron chi connectivity index (χ1n) is 8.50. The van der Waals surface area contributed by atoms with Gasteiger partial charge in [-0.25, -0.2) is 4.39 Å². The van der Waals surface area contributed by atoms with Crippen molar-refractivity contribution in [1.29, 1.82) is 0 Å². The van der Waals surface area contributed by atoms with Crippen molar-refractivity contribution in [3.8, 4) is 0 Å². The summed E-state index contributed by atoms with van der Waals surface area (Å²) in [5.41, 5.74) is 1.06. The number of nitrogens with zero attached hydrogens (tertiary/aromatic N) is 1. The standard InChI is InChI=1S/C20H21FN2O2/c21-18-9-5-4-8-17(18)20(25)22-16-10-12-23(13-11-16)19(24)14-15-6-2-1-3-7-15/h1-9,16H,10-14H2,(H,22,25). The maximum absolute atomic E-state index is 13.7. The average Bonchev–Trinajstić information content (AvgIpc) is 2.63. The van der Waals surface area contributed by atoms with E-state index >= 15 is 0 Å². The van der Waals surface area contributed by atoms with Crippen LogP contribution in [0.3, 0.4) is 0 Å². The van der Waals surface area contributed by atoms with Crippen LogP contribution in [-0.4, -0.2) is 35.8 Å². The first-order chi connectivity index (χ1) is 12.1. The van der Waals surface area contributed by atoms with Gasteiger partial charge in [0.05, 0.1) is 12.0 Å². The summed E-state index contributed by atoms with van der Waals surface area (Å²) in [5, 5.41) is 2.87. The minimum absolute atomic E-state index is 0.0344. The monoisotopic (exact) mass is 340 g/mol. The molecule has 0 unspecified atom stereocenters. The fourth-order valence-corrected chi connectivity index (χ4v) is 3.06. The molecule has 1 saturated heterocycles. The molecule has 25 heavy (non-hydrogen) atoms. The zero-order valence-corrected chi connectivity index (χ0v) is 14.0. The Morgan fingerprint density at radius 2 is 1.64 bits per heavy atom. The molecule has 4 nitrogen and oxygen atoms in total. The van der Waals surface area contributed by atoms with Crippen molar-refractivity contribution in [2.75, 3.05) is 13.1 Å². The van der Waals surface area contributed by atoms with Crippen LogP contribution in [0, 0.1) is 5.82 Å². The maximum Gasteiger partial charge on any atom is 0.254 e. The van der Waals surface area contributed by atoms with Crippen LogP contribution in [0.2, 0.25) is 0 Å². The third-order valence-corrected chi connectivity index (χ3v) is 4.50. The van der Waals surface area contributed by atoms with E-state index in [4.69, 9.17) is 0 Å². The van der Waals surface area contributed by atoms with Gasteiger partial charge in [0.1, 0.15) is 5.82 Å². The van der Waals surface area contributed by atoms with Crippen LogP contribution < -0.4 is 5.32 Å². The van der Waals surface area contributed by atoms with Crippen LogP contribution >= 0.6 is 0 Å². The first kappa shape index (κ1) is 17.1. The van der Waals surface area contributed by atoms with Gasteiger partial charge in [-0.15, -0.1) is 0 Å². The van der Waals surface area contributed by atoms with E-state index in [2.05, 4.69) is 5.32 Å². The number of piperidine rings is 1. The number of nitrogens with one attached hydrogen (secondary N) is 1. The van der Waals surface area contributed by atoms with Crippen LogP contribution in [0.4, 0.5) is 4.39 Å². The smallest absolute Gasteiger partial charge is 0.254 e. The van der Waals surface area contributed by atoms with Crippen LogP contribution in [0.5, 0.6) is 0 Å². The Morgan fingerprint density at radius 1 is 1.00 bits per heavy atom. The Kier molecular flexibility index (Phi) is 5.43. The molecule has 1 fully saturated rings. The molecule has 0 aliphatic carbocycles. The van der Waals surface area contributed by atoms with Crippen LogP contribution in [0.25, 0.3) is 0 Å². The van der Waals surface area contributed by atoms with Crippen LogP contribution in [-0.2, 0) is 11.2 Å². The van der Waals surface area contributed by atoms with E-state index in [-0.39, 0.29) is 17.5 Å².